The molecule has 0 amide bonds. The monoisotopic (exact) mass is 206 g/mol. The Kier molecular flexibility index (Phi) is 2.93. The second-order valence-electron chi connectivity index (χ2n) is 2.83. The Hall–Kier alpha value is -1.33. The molecule has 0 spiro atoms. The number of halogens is 3. The minimum Gasteiger partial charge on any atom is -0.310 e. The number of aromatic amines is 1. The van der Waals surface area contributed by atoms with Crippen molar-refractivity contribution >= 4 is 0 Å². The number of hydrogen-bond acceptors (Lipinski definition) is 2. The van der Waals surface area contributed by atoms with Crippen molar-refractivity contribution in [3.05, 3.63) is 27.9 Å². The van der Waals surface area contributed by atoms with Gasteiger partial charge in [0.15, 0.2) is 0 Å². The third kappa shape index (κ3) is 3.20. The van der Waals surface area contributed by atoms with Gasteiger partial charge in [-0.25, -0.2) is 4.98 Å². The summed E-state index contributed by atoms with van der Waals surface area (Å²) in [7, 11) is 0. The molecule has 0 atom stereocenters. The van der Waals surface area contributed by atoms with Gasteiger partial charge in [-0.3, -0.25) is 4.79 Å². The number of aromatic nitrogens is 2. The average Bonchev–Trinajstić information content (AvgIpc) is 1.99. The lowest BCUT2D eigenvalue weighted by Gasteiger charge is -2.05. The van der Waals surface area contributed by atoms with E-state index in [0.29, 0.717) is 12.1 Å². The molecule has 0 bridgehead atoms. The molecule has 3 nitrogen and oxygen atoms in total. The molecule has 0 aliphatic carbocycles. The van der Waals surface area contributed by atoms with Crippen LogP contribution < -0.4 is 5.56 Å². The van der Waals surface area contributed by atoms with Crippen LogP contribution in [-0.4, -0.2) is 16.1 Å². The number of alkyl halides is 3. The predicted octanol–water partition coefficient (Wildman–Crippen LogP) is 1.44. The first-order valence-corrected chi connectivity index (χ1v) is 4.06. The van der Waals surface area contributed by atoms with E-state index in [1.807, 2.05) is 0 Å². The fraction of sp³-hybridized carbons (Fsp3) is 0.500. The number of nitrogens with one attached hydrogen (secondary N) is 1. The van der Waals surface area contributed by atoms with Crippen LogP contribution in [0.4, 0.5) is 13.2 Å². The molecule has 1 aromatic rings. The average molecular weight is 206 g/mol. The summed E-state index contributed by atoms with van der Waals surface area (Å²) in [6.07, 6.45) is -5.10. The van der Waals surface area contributed by atoms with Crippen LogP contribution in [0, 0.1) is 0 Å². The van der Waals surface area contributed by atoms with Gasteiger partial charge < -0.3 is 4.98 Å². The highest BCUT2D eigenvalue weighted by molar-refractivity contribution is 5.03. The molecule has 1 aromatic heterocycles. The number of hydrogen-bond donors (Lipinski definition) is 1. The summed E-state index contributed by atoms with van der Waals surface area (Å²) in [6, 6.07) is 1.19. The SMILES string of the molecule is CCc1cc(=O)[nH]c(CC(F)(F)F)n1. The zero-order valence-electron chi connectivity index (χ0n) is 7.48. The van der Waals surface area contributed by atoms with Gasteiger partial charge in [-0.05, 0) is 6.42 Å². The first-order valence-electron chi connectivity index (χ1n) is 4.06. The summed E-state index contributed by atoms with van der Waals surface area (Å²) >= 11 is 0. The molecule has 0 fully saturated rings. The minimum absolute atomic E-state index is 0.332. The maximum Gasteiger partial charge on any atom is 0.396 e. The van der Waals surface area contributed by atoms with Crippen molar-refractivity contribution in [3.63, 3.8) is 0 Å². The lowest BCUT2D eigenvalue weighted by molar-refractivity contribution is -0.128. The third-order valence-electron chi connectivity index (χ3n) is 1.57. The molecule has 1 heterocycles. The third-order valence-corrected chi connectivity index (χ3v) is 1.57. The molecule has 0 aliphatic rings. The summed E-state index contributed by atoms with van der Waals surface area (Å²) in [6.45, 7) is 1.72. The first-order chi connectivity index (χ1) is 6.40. The van der Waals surface area contributed by atoms with Crippen LogP contribution in [0.5, 0.6) is 0 Å². The highest BCUT2D eigenvalue weighted by atomic mass is 19.4. The molecule has 78 valence electrons. The zero-order valence-corrected chi connectivity index (χ0v) is 7.48. The van der Waals surface area contributed by atoms with Crippen LogP contribution in [0.2, 0.25) is 0 Å². The van der Waals surface area contributed by atoms with E-state index in [4.69, 9.17) is 0 Å². The summed E-state index contributed by atoms with van der Waals surface area (Å²) in [4.78, 5) is 16.6. The second kappa shape index (κ2) is 3.81. The standard InChI is InChI=1S/C8H9F3N2O/c1-2-5-3-7(14)13-6(12-5)4-8(9,10)11/h3H,2,4H2,1H3,(H,12,13,14). The van der Waals surface area contributed by atoms with E-state index in [1.54, 1.807) is 6.92 Å². The Morgan fingerprint density at radius 2 is 2.14 bits per heavy atom. The molecule has 1 N–H and O–H groups in total. The lowest BCUT2D eigenvalue weighted by Crippen LogP contribution is -2.19. The van der Waals surface area contributed by atoms with Crippen molar-refractivity contribution in [3.8, 4) is 0 Å². The van der Waals surface area contributed by atoms with Crippen molar-refractivity contribution in [2.45, 2.75) is 25.9 Å². The lowest BCUT2D eigenvalue weighted by atomic mass is 10.3. The number of nitrogens with zero attached hydrogens (tertiary/aromatic N) is 1. The van der Waals surface area contributed by atoms with Gasteiger partial charge in [-0.1, -0.05) is 6.92 Å². The smallest absolute Gasteiger partial charge is 0.310 e. The van der Waals surface area contributed by atoms with Crippen molar-refractivity contribution in [2.24, 2.45) is 0 Å². The van der Waals surface area contributed by atoms with Crippen LogP contribution in [0.1, 0.15) is 18.4 Å². The van der Waals surface area contributed by atoms with Gasteiger partial charge in [0.05, 0.1) is 0 Å². The number of H-pyrrole nitrogens is 1. The summed E-state index contributed by atoms with van der Waals surface area (Å²) in [5.41, 5.74) is -0.177. The van der Waals surface area contributed by atoms with Gasteiger partial charge in [-0.2, -0.15) is 13.2 Å². The van der Waals surface area contributed by atoms with Crippen molar-refractivity contribution in [1.29, 1.82) is 0 Å². The van der Waals surface area contributed by atoms with Gasteiger partial charge in [0.1, 0.15) is 12.2 Å². The maximum atomic E-state index is 11.9. The van der Waals surface area contributed by atoms with E-state index >= 15 is 0 Å². The van der Waals surface area contributed by atoms with Crippen LogP contribution in [0.3, 0.4) is 0 Å². The quantitative estimate of drug-likeness (QED) is 0.795. The Morgan fingerprint density at radius 1 is 1.50 bits per heavy atom. The molecule has 0 saturated carbocycles. The molecule has 0 aliphatic heterocycles. The van der Waals surface area contributed by atoms with Gasteiger partial charge >= 0.3 is 6.18 Å². The Morgan fingerprint density at radius 3 is 2.64 bits per heavy atom. The minimum atomic E-state index is -4.34. The molecule has 0 radical (unpaired) electrons. The van der Waals surface area contributed by atoms with Crippen LogP contribution in [0.25, 0.3) is 0 Å². The predicted molar refractivity (Wildman–Crippen MR) is 44.0 cm³/mol. The number of aryl methyl sites for hydroxylation is 1. The molecule has 14 heavy (non-hydrogen) atoms. The fourth-order valence-corrected chi connectivity index (χ4v) is 1.02. The van der Waals surface area contributed by atoms with E-state index in [9.17, 15) is 18.0 Å². The van der Waals surface area contributed by atoms with Crippen LogP contribution >= 0.6 is 0 Å². The molecular formula is C8H9F3N2O. The molecule has 0 saturated heterocycles. The van der Waals surface area contributed by atoms with Crippen LogP contribution in [0.15, 0.2) is 10.9 Å². The van der Waals surface area contributed by atoms with E-state index in [1.165, 1.54) is 6.07 Å². The van der Waals surface area contributed by atoms with Crippen molar-refractivity contribution in [1.82, 2.24) is 9.97 Å². The van der Waals surface area contributed by atoms with E-state index < -0.39 is 18.2 Å². The van der Waals surface area contributed by atoms with Gasteiger partial charge in [0.25, 0.3) is 5.56 Å². The van der Waals surface area contributed by atoms with Crippen molar-refractivity contribution in [2.75, 3.05) is 0 Å². The van der Waals surface area contributed by atoms with E-state index in [-0.39, 0.29) is 5.82 Å². The molecule has 1 rings (SSSR count). The van der Waals surface area contributed by atoms with Gasteiger partial charge in [-0.15, -0.1) is 0 Å². The Balaban J connectivity index is 2.98. The maximum absolute atomic E-state index is 11.9. The highest BCUT2D eigenvalue weighted by Gasteiger charge is 2.29. The summed E-state index contributed by atoms with van der Waals surface area (Å²) in [5, 5.41) is 0. The highest BCUT2D eigenvalue weighted by Crippen LogP contribution is 2.18. The Labute approximate surface area is 78.0 Å². The van der Waals surface area contributed by atoms with Crippen molar-refractivity contribution < 1.29 is 13.2 Å². The topological polar surface area (TPSA) is 45.8 Å². The zero-order chi connectivity index (χ0) is 10.8. The molecule has 0 aromatic carbocycles. The first kappa shape index (κ1) is 10.7. The van der Waals surface area contributed by atoms with Crippen LogP contribution in [-0.2, 0) is 12.8 Å². The van der Waals surface area contributed by atoms with Gasteiger partial charge in [0, 0.05) is 11.8 Å². The molecule has 6 heteroatoms. The second-order valence-corrected chi connectivity index (χ2v) is 2.83. The molecule has 0 unspecified atom stereocenters. The largest absolute Gasteiger partial charge is 0.396 e. The van der Waals surface area contributed by atoms with E-state index in [2.05, 4.69) is 9.97 Å². The van der Waals surface area contributed by atoms with Gasteiger partial charge in [0.2, 0.25) is 0 Å². The summed E-state index contributed by atoms with van der Waals surface area (Å²) in [5.74, 6) is -0.332. The fourth-order valence-electron chi connectivity index (χ4n) is 1.02. The molecular weight excluding hydrogens is 197 g/mol. The Bertz CT molecular complexity index is 370. The summed E-state index contributed by atoms with van der Waals surface area (Å²) < 4.78 is 35.8. The number of rotatable bonds is 2. The van der Waals surface area contributed by atoms with E-state index in [0.717, 1.165) is 0 Å². The normalized spacial score (nSPS) is 11.7.